The predicted molar refractivity (Wildman–Crippen MR) is 257 cm³/mol. The number of fused-ring (bicyclic) bond motifs is 1. The number of pyridine rings is 1. The molecule has 0 radical (unpaired) electrons. The fourth-order valence-electron chi connectivity index (χ4n) is 8.24. The maximum Gasteiger partial charge on any atom is 0.148 e. The van der Waals surface area contributed by atoms with E-state index in [0.29, 0.717) is 5.82 Å². The first-order chi connectivity index (χ1) is 29.1. The van der Waals surface area contributed by atoms with Crippen molar-refractivity contribution in [2.45, 2.75) is 98.3 Å². The molecular weight excluding hydrogens is 938 g/mol. The van der Waals surface area contributed by atoms with Gasteiger partial charge < -0.3 is 5.11 Å². The zero-order chi connectivity index (χ0) is 43.2. The van der Waals surface area contributed by atoms with E-state index in [4.69, 9.17) is 9.97 Å². The van der Waals surface area contributed by atoms with Gasteiger partial charge in [0.15, 0.2) is 0 Å². The minimum Gasteiger partial charge on any atom is -0.507 e. The van der Waals surface area contributed by atoms with Gasteiger partial charge in [0.25, 0.3) is 0 Å². The van der Waals surface area contributed by atoms with Crippen molar-refractivity contribution >= 4 is 11.0 Å². The Morgan fingerprint density at radius 1 is 0.629 bits per heavy atom. The third-order valence-corrected chi connectivity index (χ3v) is 12.5. The summed E-state index contributed by atoms with van der Waals surface area (Å²) in [4.78, 5) is 10.5. The number of aromatic nitrogens is 3. The van der Waals surface area contributed by atoms with Crippen LogP contribution >= 0.6 is 0 Å². The van der Waals surface area contributed by atoms with Crippen LogP contribution in [0, 0.1) is 6.07 Å². The van der Waals surface area contributed by atoms with Gasteiger partial charge in [0.05, 0.1) is 22.3 Å². The monoisotopic (exact) mass is 995 g/mol. The zero-order valence-electron chi connectivity index (χ0n) is 37.7. The van der Waals surface area contributed by atoms with Gasteiger partial charge >= 0.3 is 0 Å². The molecule has 0 aliphatic carbocycles. The number of aromatic hydroxyl groups is 1. The SMILES string of the molecule is CCC(C)(C)c1ccc(-n2c(-c3cc(C(C)C)cc(C(C)C)c3O)nc3c(-c4[c-]c(-c5cc(-c6ccccc6)ccn5)cc(C(C)(C)C)c4)cccc32)c(-c2ccccc2)c1.[Pt]. The fraction of sp³-hybridized carbons (Fsp3) is 0.263. The average Bonchev–Trinajstić information content (AvgIpc) is 3.65. The van der Waals surface area contributed by atoms with Crippen LogP contribution in [0.1, 0.15) is 110 Å². The number of imidazole rings is 1. The summed E-state index contributed by atoms with van der Waals surface area (Å²) >= 11 is 0. The predicted octanol–water partition coefficient (Wildman–Crippen LogP) is 15.5. The summed E-state index contributed by atoms with van der Waals surface area (Å²) in [5.74, 6) is 1.34. The van der Waals surface area contributed by atoms with Crippen molar-refractivity contribution in [1.29, 1.82) is 0 Å². The topological polar surface area (TPSA) is 50.9 Å². The Labute approximate surface area is 383 Å². The maximum absolute atomic E-state index is 12.3. The van der Waals surface area contributed by atoms with E-state index in [1.54, 1.807) is 0 Å². The van der Waals surface area contributed by atoms with E-state index in [9.17, 15) is 5.11 Å². The number of rotatable bonds is 10. The van der Waals surface area contributed by atoms with E-state index in [2.05, 4.69) is 207 Å². The van der Waals surface area contributed by atoms with Crippen molar-refractivity contribution in [1.82, 2.24) is 14.5 Å². The molecule has 5 heteroatoms. The van der Waals surface area contributed by atoms with E-state index in [-0.39, 0.29) is 49.5 Å². The van der Waals surface area contributed by atoms with Crippen molar-refractivity contribution in [3.8, 4) is 67.5 Å². The van der Waals surface area contributed by atoms with Crippen molar-refractivity contribution in [2.24, 2.45) is 0 Å². The molecule has 0 atom stereocenters. The van der Waals surface area contributed by atoms with Crippen LogP contribution in [-0.2, 0) is 31.9 Å². The number of para-hydroxylation sites is 1. The van der Waals surface area contributed by atoms with Crippen LogP contribution in [0.4, 0.5) is 0 Å². The molecule has 0 saturated heterocycles. The fourth-order valence-corrected chi connectivity index (χ4v) is 8.24. The molecule has 318 valence electrons. The molecule has 0 spiro atoms. The Bertz CT molecular complexity index is 2860. The zero-order valence-corrected chi connectivity index (χ0v) is 40.0. The number of hydrogen-bond acceptors (Lipinski definition) is 3. The molecule has 8 rings (SSSR count). The molecule has 0 bridgehead atoms. The van der Waals surface area contributed by atoms with Gasteiger partial charge in [-0.15, -0.1) is 29.3 Å². The Balaban J connectivity index is 0.00000578. The van der Waals surface area contributed by atoms with Crippen LogP contribution in [0.3, 0.4) is 0 Å². The second kappa shape index (κ2) is 17.7. The maximum atomic E-state index is 12.3. The van der Waals surface area contributed by atoms with Crippen molar-refractivity contribution < 1.29 is 26.2 Å². The van der Waals surface area contributed by atoms with E-state index in [1.807, 2.05) is 12.3 Å². The number of phenols is 1. The van der Waals surface area contributed by atoms with Crippen LogP contribution in [0.15, 0.2) is 140 Å². The Kier molecular flexibility index (Phi) is 12.7. The Hall–Kier alpha value is -5.57. The molecule has 8 aromatic rings. The molecule has 4 nitrogen and oxygen atoms in total. The minimum atomic E-state index is -0.150. The Morgan fingerprint density at radius 3 is 1.95 bits per heavy atom. The van der Waals surface area contributed by atoms with E-state index >= 15 is 0 Å². The molecule has 2 aromatic heterocycles. The summed E-state index contributed by atoms with van der Waals surface area (Å²) in [6, 6.07) is 51.3. The molecule has 0 saturated carbocycles. The molecule has 0 aliphatic rings. The quantitative estimate of drug-likeness (QED) is 0.139. The average molecular weight is 996 g/mol. The van der Waals surface area contributed by atoms with Gasteiger partial charge in [-0.05, 0) is 92.8 Å². The molecule has 1 N–H and O–H groups in total. The summed E-state index contributed by atoms with van der Waals surface area (Å²) in [5, 5.41) is 12.3. The normalized spacial score (nSPS) is 12.0. The van der Waals surface area contributed by atoms with Gasteiger partial charge in [0, 0.05) is 38.5 Å². The van der Waals surface area contributed by atoms with Crippen molar-refractivity contribution in [3.05, 3.63) is 168 Å². The van der Waals surface area contributed by atoms with Gasteiger partial charge in [0.2, 0.25) is 0 Å². The van der Waals surface area contributed by atoms with E-state index in [0.717, 1.165) is 78.9 Å². The van der Waals surface area contributed by atoms with Crippen molar-refractivity contribution in [2.75, 3.05) is 0 Å². The molecule has 0 amide bonds. The van der Waals surface area contributed by atoms with E-state index < -0.39 is 0 Å². The second-order valence-electron chi connectivity index (χ2n) is 18.8. The van der Waals surface area contributed by atoms with E-state index in [1.165, 1.54) is 16.7 Å². The third-order valence-electron chi connectivity index (χ3n) is 12.5. The van der Waals surface area contributed by atoms with Crippen molar-refractivity contribution in [3.63, 3.8) is 0 Å². The van der Waals surface area contributed by atoms with Crippen LogP contribution in [0.5, 0.6) is 5.75 Å². The number of hydrogen-bond donors (Lipinski definition) is 1. The van der Waals surface area contributed by atoms with Crippen LogP contribution in [0.2, 0.25) is 0 Å². The summed E-state index contributed by atoms with van der Waals surface area (Å²) in [6.45, 7) is 22.3. The Morgan fingerprint density at radius 2 is 1.31 bits per heavy atom. The van der Waals surface area contributed by atoms with Gasteiger partial charge in [-0.25, -0.2) is 4.98 Å². The van der Waals surface area contributed by atoms with Crippen LogP contribution < -0.4 is 0 Å². The molecule has 6 aromatic carbocycles. The first-order valence-electron chi connectivity index (χ1n) is 21.8. The van der Waals surface area contributed by atoms with Gasteiger partial charge in [-0.2, -0.15) is 0 Å². The molecule has 62 heavy (non-hydrogen) atoms. The summed E-state index contributed by atoms with van der Waals surface area (Å²) in [6.07, 6.45) is 2.90. The first-order valence-corrected chi connectivity index (χ1v) is 21.8. The summed E-state index contributed by atoms with van der Waals surface area (Å²) in [5.41, 5.74) is 16.1. The summed E-state index contributed by atoms with van der Waals surface area (Å²) < 4.78 is 2.28. The standard InChI is InChI=1S/C57H58N3O.Pt/c1-11-57(9,10)44-25-26-51(48(35-44)39-21-16-13-17-22-39)60-52-24-18-23-46(53(52)59-55(60)49-33-41(36(2)3)32-47(37(4)5)54(49)61)42-29-43(31-45(30-42)56(6,7)8)50-34-40(27-28-58-50)38-19-14-12-15-20-38;/h12-28,30-37,61H,11H2,1-10H3;/q-1;. The molecule has 2 heterocycles. The second-order valence-corrected chi connectivity index (χ2v) is 18.8. The van der Waals surface area contributed by atoms with Gasteiger partial charge in [-0.1, -0.05) is 171 Å². The third kappa shape index (κ3) is 8.60. The molecule has 0 unspecified atom stereocenters. The number of benzene rings is 6. The largest absolute Gasteiger partial charge is 0.507 e. The minimum absolute atomic E-state index is 0. The summed E-state index contributed by atoms with van der Waals surface area (Å²) in [7, 11) is 0. The number of phenolic OH excluding ortho intramolecular Hbond substituents is 1. The van der Waals surface area contributed by atoms with Crippen LogP contribution in [0.25, 0.3) is 72.7 Å². The molecule has 0 fully saturated rings. The molecule has 0 aliphatic heterocycles. The molecular formula is C57H58N3OPt-. The van der Waals surface area contributed by atoms with Crippen LogP contribution in [-0.4, -0.2) is 19.6 Å². The smallest absolute Gasteiger partial charge is 0.148 e. The van der Waals surface area contributed by atoms with Gasteiger partial charge in [-0.3, -0.25) is 9.55 Å². The van der Waals surface area contributed by atoms with Gasteiger partial charge in [0.1, 0.15) is 11.6 Å². The first kappa shape index (κ1) is 44.5. The number of nitrogens with zero attached hydrogens (tertiary/aromatic N) is 3.